The van der Waals surface area contributed by atoms with Crippen LogP contribution in [0.25, 0.3) is 0 Å². The average molecular weight is 336 g/mol. The van der Waals surface area contributed by atoms with Gasteiger partial charge in [0, 0.05) is 10.4 Å². The highest BCUT2D eigenvalue weighted by molar-refractivity contribution is 9.10. The lowest BCUT2D eigenvalue weighted by Gasteiger charge is -2.34. The van der Waals surface area contributed by atoms with Crippen molar-refractivity contribution in [2.24, 2.45) is 0 Å². The van der Waals surface area contributed by atoms with E-state index in [1.165, 1.54) is 27.8 Å². The number of aryl methyl sites for hydroxylation is 2. The summed E-state index contributed by atoms with van der Waals surface area (Å²) in [5, 5.41) is 0.0710. The number of halogens is 2. The van der Waals surface area contributed by atoms with Gasteiger partial charge >= 0.3 is 0 Å². The molecule has 2 aromatic carbocycles. The van der Waals surface area contributed by atoms with Gasteiger partial charge in [0.2, 0.25) is 0 Å². The van der Waals surface area contributed by atoms with Crippen LogP contribution < -0.4 is 0 Å². The van der Waals surface area contributed by atoms with Crippen molar-refractivity contribution in [2.45, 2.75) is 31.6 Å². The maximum absolute atomic E-state index is 6.75. The predicted octanol–water partition coefficient (Wildman–Crippen LogP) is 5.69. The van der Waals surface area contributed by atoms with Crippen LogP contribution in [0.3, 0.4) is 0 Å². The molecule has 1 aliphatic carbocycles. The van der Waals surface area contributed by atoms with Gasteiger partial charge in [-0.05, 0) is 54.2 Å². The van der Waals surface area contributed by atoms with E-state index in [4.69, 9.17) is 11.6 Å². The fraction of sp³-hybridized carbons (Fsp3) is 0.294. The van der Waals surface area contributed by atoms with Crippen molar-refractivity contribution in [1.29, 1.82) is 0 Å². The molecule has 0 spiro atoms. The van der Waals surface area contributed by atoms with Crippen LogP contribution in [-0.4, -0.2) is 0 Å². The summed E-state index contributed by atoms with van der Waals surface area (Å²) >= 11 is 10.3. The van der Waals surface area contributed by atoms with Gasteiger partial charge in [0.25, 0.3) is 0 Å². The smallest absolute Gasteiger partial charge is 0.0659 e. The third kappa shape index (κ3) is 2.23. The van der Waals surface area contributed by atoms with Crippen LogP contribution in [0.4, 0.5) is 0 Å². The largest absolute Gasteiger partial charge is 0.117 e. The first-order chi connectivity index (χ1) is 9.08. The summed E-state index contributed by atoms with van der Waals surface area (Å²) in [5.74, 6) is 0.456. The highest BCUT2D eigenvalue weighted by atomic mass is 79.9. The molecule has 0 N–H and O–H groups in total. The molecule has 1 aliphatic rings. The molecule has 0 bridgehead atoms. The van der Waals surface area contributed by atoms with Crippen LogP contribution >= 0.6 is 27.5 Å². The summed E-state index contributed by atoms with van der Waals surface area (Å²) < 4.78 is 1.16. The zero-order valence-corrected chi connectivity index (χ0v) is 13.4. The van der Waals surface area contributed by atoms with Gasteiger partial charge in [0.15, 0.2) is 0 Å². The highest BCUT2D eigenvalue weighted by Crippen LogP contribution is 2.47. The topological polar surface area (TPSA) is 0 Å². The maximum Gasteiger partial charge on any atom is 0.0659 e. The first-order valence-corrected chi connectivity index (χ1v) is 7.79. The zero-order chi connectivity index (χ0) is 13.6. The van der Waals surface area contributed by atoms with Gasteiger partial charge < -0.3 is 0 Å². The van der Waals surface area contributed by atoms with Crippen molar-refractivity contribution in [2.75, 3.05) is 0 Å². The van der Waals surface area contributed by atoms with Crippen LogP contribution in [0.2, 0.25) is 0 Å². The number of benzene rings is 2. The Morgan fingerprint density at radius 3 is 2.63 bits per heavy atom. The third-order valence-electron chi connectivity index (χ3n) is 4.09. The van der Waals surface area contributed by atoms with Gasteiger partial charge in [-0.1, -0.05) is 46.3 Å². The monoisotopic (exact) mass is 334 g/mol. The second-order valence-corrected chi connectivity index (χ2v) is 6.69. The molecule has 0 aromatic heterocycles. The van der Waals surface area contributed by atoms with Crippen molar-refractivity contribution in [3.63, 3.8) is 0 Å². The van der Waals surface area contributed by atoms with E-state index in [0.29, 0.717) is 5.92 Å². The molecule has 2 heteroatoms. The van der Waals surface area contributed by atoms with E-state index < -0.39 is 0 Å². The fourth-order valence-electron chi connectivity index (χ4n) is 2.88. The van der Waals surface area contributed by atoms with Crippen molar-refractivity contribution in [1.82, 2.24) is 0 Å². The van der Waals surface area contributed by atoms with E-state index in [1.54, 1.807) is 0 Å². The molecule has 0 saturated carbocycles. The molecule has 2 aromatic rings. The molecule has 98 valence electrons. The van der Waals surface area contributed by atoms with Crippen LogP contribution in [0.1, 0.15) is 39.1 Å². The second kappa shape index (κ2) is 4.96. The van der Waals surface area contributed by atoms with Crippen LogP contribution in [-0.2, 0) is 6.42 Å². The van der Waals surface area contributed by atoms with Crippen LogP contribution in [0, 0.1) is 13.8 Å². The van der Waals surface area contributed by atoms with Gasteiger partial charge in [-0.2, -0.15) is 0 Å². The number of hydrogen-bond donors (Lipinski definition) is 0. The molecule has 0 saturated heterocycles. The van der Waals surface area contributed by atoms with E-state index in [2.05, 4.69) is 66.2 Å². The lowest BCUT2D eigenvalue weighted by atomic mass is 9.73. The molecular formula is C17H16BrCl. The number of hydrogen-bond acceptors (Lipinski definition) is 0. The van der Waals surface area contributed by atoms with E-state index in [1.807, 2.05) is 0 Å². The molecule has 0 radical (unpaired) electrons. The molecule has 2 atom stereocenters. The normalized spacial score (nSPS) is 18.6. The number of rotatable bonds is 2. The lowest BCUT2D eigenvalue weighted by Crippen LogP contribution is -2.21. The summed E-state index contributed by atoms with van der Waals surface area (Å²) in [7, 11) is 0. The Hall–Kier alpha value is -0.790. The zero-order valence-electron chi connectivity index (χ0n) is 11.1. The lowest BCUT2D eigenvalue weighted by molar-refractivity contribution is 0.585. The van der Waals surface area contributed by atoms with E-state index in [-0.39, 0.29) is 5.38 Å². The molecule has 2 unspecified atom stereocenters. The van der Waals surface area contributed by atoms with E-state index in [9.17, 15) is 0 Å². The highest BCUT2D eigenvalue weighted by Gasteiger charge is 2.33. The van der Waals surface area contributed by atoms with Crippen molar-refractivity contribution in [3.05, 3.63) is 68.7 Å². The molecule has 0 heterocycles. The standard InChI is InChI=1S/C17H16BrCl/c1-10-8-16(18)11(2)7-14(10)17(19)15-9-12-5-3-4-6-13(12)15/h3-8,15,17H,9H2,1-2H3. The third-order valence-corrected chi connectivity index (χ3v) is 5.49. The Kier molecular flexibility index (Phi) is 3.44. The quantitative estimate of drug-likeness (QED) is 0.619. The minimum atomic E-state index is 0.0710. The molecule has 0 nitrogen and oxygen atoms in total. The van der Waals surface area contributed by atoms with Gasteiger partial charge in [0.05, 0.1) is 5.38 Å². The number of fused-ring (bicyclic) bond motifs is 1. The first-order valence-electron chi connectivity index (χ1n) is 6.56. The summed E-state index contributed by atoms with van der Waals surface area (Å²) in [6.07, 6.45) is 1.10. The molecular weight excluding hydrogens is 320 g/mol. The minimum absolute atomic E-state index is 0.0710. The number of alkyl halides is 1. The van der Waals surface area contributed by atoms with Crippen LogP contribution in [0.5, 0.6) is 0 Å². The molecule has 0 aliphatic heterocycles. The van der Waals surface area contributed by atoms with E-state index in [0.717, 1.165) is 10.9 Å². The summed E-state index contributed by atoms with van der Waals surface area (Å²) in [6.45, 7) is 4.25. The second-order valence-electron chi connectivity index (χ2n) is 5.37. The van der Waals surface area contributed by atoms with Gasteiger partial charge in [-0.25, -0.2) is 0 Å². The Morgan fingerprint density at radius 1 is 1.16 bits per heavy atom. The van der Waals surface area contributed by atoms with Gasteiger partial charge in [-0.3, -0.25) is 0 Å². The predicted molar refractivity (Wildman–Crippen MR) is 85.1 cm³/mol. The van der Waals surface area contributed by atoms with Crippen LogP contribution in [0.15, 0.2) is 40.9 Å². The van der Waals surface area contributed by atoms with E-state index >= 15 is 0 Å². The fourth-order valence-corrected chi connectivity index (χ4v) is 3.79. The van der Waals surface area contributed by atoms with Gasteiger partial charge in [0.1, 0.15) is 0 Å². The Labute approximate surface area is 127 Å². The summed E-state index contributed by atoms with van der Waals surface area (Å²) in [6, 6.07) is 13.0. The maximum atomic E-state index is 6.75. The van der Waals surface area contributed by atoms with Crippen molar-refractivity contribution >= 4 is 27.5 Å². The Bertz CT molecular complexity index is 633. The SMILES string of the molecule is Cc1cc(C(Cl)C2Cc3ccccc32)c(C)cc1Br. The Balaban J connectivity index is 1.94. The van der Waals surface area contributed by atoms with Gasteiger partial charge in [-0.15, -0.1) is 11.6 Å². The van der Waals surface area contributed by atoms with Crippen molar-refractivity contribution < 1.29 is 0 Å². The Morgan fingerprint density at radius 2 is 1.89 bits per heavy atom. The molecule has 3 rings (SSSR count). The van der Waals surface area contributed by atoms with Crippen molar-refractivity contribution in [3.8, 4) is 0 Å². The minimum Gasteiger partial charge on any atom is -0.117 e. The molecule has 0 fully saturated rings. The summed E-state index contributed by atoms with van der Waals surface area (Å²) in [4.78, 5) is 0. The summed E-state index contributed by atoms with van der Waals surface area (Å²) in [5.41, 5.74) is 6.65. The first kappa shape index (κ1) is 13.2. The molecule has 19 heavy (non-hydrogen) atoms. The molecule has 0 amide bonds. The average Bonchev–Trinajstić information content (AvgIpc) is 2.35.